The quantitative estimate of drug-likeness (QED) is 0.862. The van der Waals surface area contributed by atoms with Gasteiger partial charge in [-0.2, -0.15) is 0 Å². The van der Waals surface area contributed by atoms with E-state index in [1.807, 2.05) is 0 Å². The predicted molar refractivity (Wildman–Crippen MR) is 82.8 cm³/mol. The summed E-state index contributed by atoms with van der Waals surface area (Å²) < 4.78 is 1.53. The predicted octanol–water partition coefficient (Wildman–Crippen LogP) is 2.26. The lowest BCUT2D eigenvalue weighted by molar-refractivity contribution is -0.119. The molecular weight excluding hydrogens is 310 g/mol. The molecule has 0 saturated carbocycles. The number of aromatic nitrogens is 2. The number of nitrogens with zero attached hydrogens (tertiary/aromatic N) is 2. The van der Waals surface area contributed by atoms with Crippen LogP contribution >= 0.6 is 23.4 Å². The molecule has 0 saturated heterocycles. The van der Waals surface area contributed by atoms with Crippen molar-refractivity contribution in [2.75, 3.05) is 11.1 Å². The Labute approximate surface area is 130 Å². The molecule has 1 atom stereocenters. The topological polar surface area (TPSA) is 64.0 Å². The molecule has 0 spiro atoms. The minimum Gasteiger partial charge on any atom is -0.324 e. The summed E-state index contributed by atoms with van der Waals surface area (Å²) in [7, 11) is 0. The second-order valence-corrected chi connectivity index (χ2v) is 6.05. The van der Waals surface area contributed by atoms with Crippen LogP contribution in [-0.2, 0) is 11.3 Å². The Morgan fingerprint density at radius 3 is 3.00 bits per heavy atom. The summed E-state index contributed by atoms with van der Waals surface area (Å²) in [6, 6.07) is 8.48. The molecule has 0 bridgehead atoms. The van der Waals surface area contributed by atoms with Crippen molar-refractivity contribution in [1.82, 2.24) is 9.55 Å². The van der Waals surface area contributed by atoms with Gasteiger partial charge in [0.25, 0.3) is 5.56 Å². The third kappa shape index (κ3) is 2.96. The first-order chi connectivity index (χ1) is 10.1. The lowest BCUT2D eigenvalue weighted by Crippen LogP contribution is -2.36. The van der Waals surface area contributed by atoms with Crippen LogP contribution in [0.5, 0.6) is 0 Å². The average Bonchev–Trinajstić information content (AvgIpc) is 2.50. The number of amides is 1. The third-order valence-electron chi connectivity index (χ3n) is 3.22. The van der Waals surface area contributed by atoms with Crippen molar-refractivity contribution in [2.24, 2.45) is 5.92 Å². The van der Waals surface area contributed by atoms with Gasteiger partial charge >= 0.3 is 0 Å². The molecular formula is C14H12ClN3O2S. The van der Waals surface area contributed by atoms with Gasteiger partial charge in [0.15, 0.2) is 5.16 Å². The number of fused-ring (bicyclic) bond motifs is 1. The van der Waals surface area contributed by atoms with E-state index in [-0.39, 0.29) is 17.4 Å². The molecule has 1 unspecified atom stereocenters. The monoisotopic (exact) mass is 321 g/mol. The molecule has 1 aromatic heterocycles. The highest BCUT2D eigenvalue weighted by atomic mass is 35.5. The molecule has 108 valence electrons. The first kappa shape index (κ1) is 14.2. The molecule has 1 amide bonds. The van der Waals surface area contributed by atoms with Gasteiger partial charge in [0.2, 0.25) is 5.91 Å². The van der Waals surface area contributed by atoms with Crippen LogP contribution in [-0.4, -0.2) is 21.2 Å². The Morgan fingerprint density at radius 2 is 2.19 bits per heavy atom. The zero-order valence-corrected chi connectivity index (χ0v) is 12.5. The van der Waals surface area contributed by atoms with Gasteiger partial charge in [0.1, 0.15) is 0 Å². The summed E-state index contributed by atoms with van der Waals surface area (Å²) in [4.78, 5) is 28.3. The number of rotatable bonds is 2. The Bertz CT molecular complexity index is 747. The first-order valence-electron chi connectivity index (χ1n) is 6.39. The molecule has 1 aromatic carbocycles. The molecule has 1 aliphatic heterocycles. The maximum Gasteiger partial charge on any atom is 0.254 e. The van der Waals surface area contributed by atoms with Gasteiger partial charge in [-0.15, -0.1) is 0 Å². The van der Waals surface area contributed by atoms with E-state index in [1.54, 1.807) is 24.3 Å². The van der Waals surface area contributed by atoms with Crippen molar-refractivity contribution in [2.45, 2.75) is 11.7 Å². The first-order valence-corrected chi connectivity index (χ1v) is 7.75. The zero-order chi connectivity index (χ0) is 14.8. The van der Waals surface area contributed by atoms with Gasteiger partial charge in [-0.25, -0.2) is 4.98 Å². The fourth-order valence-electron chi connectivity index (χ4n) is 2.11. The fraction of sp³-hybridized carbons (Fsp3) is 0.214. The normalized spacial score (nSPS) is 17.1. The zero-order valence-electron chi connectivity index (χ0n) is 11.0. The largest absolute Gasteiger partial charge is 0.324 e. The Hall–Kier alpha value is -1.79. The summed E-state index contributed by atoms with van der Waals surface area (Å²) in [5.41, 5.74) is 0.446. The number of carbonyl (C=O) groups is 1. The number of carbonyl (C=O) groups excluding carboxylic acids is 1. The molecule has 0 radical (unpaired) electrons. The number of benzene rings is 1. The lowest BCUT2D eigenvalue weighted by atomic mass is 10.1. The highest BCUT2D eigenvalue weighted by Crippen LogP contribution is 2.27. The molecule has 1 N–H and O–H groups in total. The lowest BCUT2D eigenvalue weighted by Gasteiger charge is -2.23. The second kappa shape index (κ2) is 5.91. The molecule has 2 aromatic rings. The van der Waals surface area contributed by atoms with Gasteiger partial charge in [0, 0.05) is 24.6 Å². The number of nitrogens with one attached hydrogen (secondary N) is 1. The Kier molecular flexibility index (Phi) is 3.98. The van der Waals surface area contributed by atoms with E-state index >= 15 is 0 Å². The van der Waals surface area contributed by atoms with E-state index in [1.165, 1.54) is 28.6 Å². The number of hydrogen-bond donors (Lipinski definition) is 1. The van der Waals surface area contributed by atoms with Crippen LogP contribution < -0.4 is 10.9 Å². The van der Waals surface area contributed by atoms with Crippen molar-refractivity contribution < 1.29 is 4.79 Å². The molecule has 7 heteroatoms. The van der Waals surface area contributed by atoms with Crippen LogP contribution in [0.3, 0.4) is 0 Å². The summed E-state index contributed by atoms with van der Waals surface area (Å²) in [5, 5.41) is 3.96. The van der Waals surface area contributed by atoms with Crippen molar-refractivity contribution in [1.29, 1.82) is 0 Å². The molecule has 21 heavy (non-hydrogen) atoms. The number of anilines is 1. The van der Waals surface area contributed by atoms with Crippen LogP contribution in [0.2, 0.25) is 5.02 Å². The van der Waals surface area contributed by atoms with Crippen LogP contribution in [0.1, 0.15) is 0 Å². The van der Waals surface area contributed by atoms with E-state index in [4.69, 9.17) is 11.6 Å². The molecule has 3 rings (SSSR count). The minimum absolute atomic E-state index is 0.136. The SMILES string of the molecule is O=C(Nc1ccccc1Cl)C1CSc2nccc(=O)n2C1. The van der Waals surface area contributed by atoms with Gasteiger partial charge in [-0.1, -0.05) is 35.5 Å². The van der Waals surface area contributed by atoms with Crippen molar-refractivity contribution in [3.8, 4) is 0 Å². The highest BCUT2D eigenvalue weighted by Gasteiger charge is 2.26. The van der Waals surface area contributed by atoms with Gasteiger partial charge < -0.3 is 5.32 Å². The summed E-state index contributed by atoms with van der Waals surface area (Å²) in [6.45, 7) is 0.339. The van der Waals surface area contributed by atoms with Crippen LogP contribution in [0.15, 0.2) is 46.5 Å². The molecule has 1 aliphatic rings. The second-order valence-electron chi connectivity index (χ2n) is 4.65. The Morgan fingerprint density at radius 1 is 1.38 bits per heavy atom. The van der Waals surface area contributed by atoms with E-state index in [0.29, 0.717) is 28.2 Å². The Balaban J connectivity index is 1.77. The van der Waals surface area contributed by atoms with Crippen LogP contribution in [0.25, 0.3) is 0 Å². The maximum absolute atomic E-state index is 12.3. The summed E-state index contributed by atoms with van der Waals surface area (Å²) in [6.07, 6.45) is 1.49. The van der Waals surface area contributed by atoms with E-state index in [2.05, 4.69) is 10.3 Å². The number of hydrogen-bond acceptors (Lipinski definition) is 4. The summed E-state index contributed by atoms with van der Waals surface area (Å²) >= 11 is 7.44. The maximum atomic E-state index is 12.3. The van der Waals surface area contributed by atoms with E-state index in [0.717, 1.165) is 0 Å². The van der Waals surface area contributed by atoms with Gasteiger partial charge in [-0.3, -0.25) is 14.2 Å². The number of halogens is 1. The summed E-state index contributed by atoms with van der Waals surface area (Å²) in [5.74, 6) is 0.157. The van der Waals surface area contributed by atoms with E-state index < -0.39 is 0 Å². The molecule has 0 fully saturated rings. The number of para-hydroxylation sites is 1. The number of thioether (sulfide) groups is 1. The third-order valence-corrected chi connectivity index (χ3v) is 4.70. The van der Waals surface area contributed by atoms with Crippen molar-refractivity contribution in [3.05, 3.63) is 51.9 Å². The van der Waals surface area contributed by atoms with Crippen LogP contribution in [0, 0.1) is 5.92 Å². The standard InChI is InChI=1S/C14H12ClN3O2S/c15-10-3-1-2-4-11(10)17-13(20)9-7-18-12(19)5-6-16-14(18)21-8-9/h1-6,9H,7-8H2,(H,17,20). The minimum atomic E-state index is -0.291. The molecule has 5 nitrogen and oxygen atoms in total. The van der Waals surface area contributed by atoms with E-state index in [9.17, 15) is 9.59 Å². The fourth-order valence-corrected chi connectivity index (χ4v) is 3.35. The van der Waals surface area contributed by atoms with Gasteiger partial charge in [-0.05, 0) is 12.1 Å². The van der Waals surface area contributed by atoms with Crippen molar-refractivity contribution >= 4 is 35.0 Å². The molecule has 0 aliphatic carbocycles. The van der Waals surface area contributed by atoms with Crippen LogP contribution in [0.4, 0.5) is 5.69 Å². The smallest absolute Gasteiger partial charge is 0.254 e. The molecule has 2 heterocycles. The average molecular weight is 322 g/mol. The van der Waals surface area contributed by atoms with Crippen molar-refractivity contribution in [3.63, 3.8) is 0 Å². The van der Waals surface area contributed by atoms with Gasteiger partial charge in [0.05, 0.1) is 16.6 Å². The highest BCUT2D eigenvalue weighted by molar-refractivity contribution is 7.99.